The van der Waals surface area contributed by atoms with Crippen LogP contribution in [0, 0.1) is 0 Å². The molecule has 0 aromatic rings. The van der Waals surface area contributed by atoms with Gasteiger partial charge in [0, 0.05) is 0 Å². The maximum Gasteiger partial charge on any atom is 0.466 e. The second-order valence-corrected chi connectivity index (χ2v) is 9.39. The third kappa shape index (κ3) is 24.0. The first-order valence-corrected chi connectivity index (χ1v) is 12.1. The molecule has 3 N–H and O–H groups in total. The smallest absolute Gasteiger partial charge is 0.303 e. The molecule has 2 unspecified atom stereocenters. The molecule has 0 aliphatic carbocycles. The molecule has 2 atom stereocenters. The molecule has 0 aliphatic rings. The van der Waals surface area contributed by atoms with Gasteiger partial charge in [0.1, 0.15) is 0 Å². The minimum atomic E-state index is -4.64. The summed E-state index contributed by atoms with van der Waals surface area (Å²) in [6, 6.07) is 0. The van der Waals surface area contributed by atoms with Crippen molar-refractivity contribution in [2.45, 2.75) is 43.9 Å². The van der Waals surface area contributed by atoms with E-state index in [9.17, 15) is 9.59 Å². The summed E-state index contributed by atoms with van der Waals surface area (Å²) in [5.74, 6) is -0.713. The molecule has 0 bridgehead atoms. The van der Waals surface area contributed by atoms with Gasteiger partial charge in [-0.05, 0) is 0 Å². The van der Waals surface area contributed by atoms with Crippen molar-refractivity contribution in [3.63, 3.8) is 0 Å². The van der Waals surface area contributed by atoms with E-state index in [0.29, 0.717) is 0 Å². The zero-order valence-electron chi connectivity index (χ0n) is 14.1. The molecule has 10 heteroatoms. The number of ether oxygens (including phenoxy) is 2. The Morgan fingerprint density at radius 1 is 1.00 bits per heavy atom. The van der Waals surface area contributed by atoms with Crippen LogP contribution < -0.4 is 0 Å². The summed E-state index contributed by atoms with van der Waals surface area (Å²) in [7, 11) is -4.64. The number of hydrogen-bond acceptors (Lipinski definition) is 5. The minimum Gasteiger partial charge on any atom is -0.303 e. The van der Waals surface area contributed by atoms with E-state index in [2.05, 4.69) is 13.2 Å². The van der Waals surface area contributed by atoms with Crippen LogP contribution in [0.3, 0.4) is 0 Å². The Morgan fingerprint density at radius 3 is 1.54 bits per heavy atom. The van der Waals surface area contributed by atoms with Crippen LogP contribution in [-0.2, 0) is 23.6 Å². The van der Waals surface area contributed by atoms with Crippen LogP contribution in [0.15, 0.2) is 25.3 Å². The molecular weight excluding hydrogens is 367 g/mol. The van der Waals surface area contributed by atoms with Crippen molar-refractivity contribution < 1.29 is 38.3 Å². The fourth-order valence-corrected chi connectivity index (χ4v) is 4.90. The second kappa shape index (κ2) is 15.1. The summed E-state index contributed by atoms with van der Waals surface area (Å²) < 4.78 is 21.4. The Labute approximate surface area is 160 Å². The van der Waals surface area contributed by atoms with Crippen LogP contribution in [0.5, 0.6) is 0 Å². The van der Waals surface area contributed by atoms with Crippen LogP contribution in [0.2, 0.25) is 5.04 Å². The summed E-state index contributed by atoms with van der Waals surface area (Å²) in [6.45, 7) is 10.5. The summed E-state index contributed by atoms with van der Waals surface area (Å²) in [4.78, 5) is 43.5. The van der Waals surface area contributed by atoms with Crippen molar-refractivity contribution in [1.82, 2.24) is 0 Å². The third-order valence-electron chi connectivity index (χ3n) is 2.69. The molecule has 8 nitrogen and oxygen atoms in total. The first-order valence-electron chi connectivity index (χ1n) is 7.44. The zero-order chi connectivity index (χ0) is 19.2. The Morgan fingerprint density at radius 2 is 1.29 bits per heavy atom. The largest absolute Gasteiger partial charge is 0.466 e. The van der Waals surface area contributed by atoms with Crippen molar-refractivity contribution in [3.8, 4) is 0 Å². The van der Waals surface area contributed by atoms with E-state index in [4.69, 9.17) is 28.7 Å². The van der Waals surface area contributed by atoms with Gasteiger partial charge in [0.15, 0.2) is 0 Å². The molecule has 0 aromatic carbocycles. The van der Waals surface area contributed by atoms with E-state index in [1.54, 1.807) is 0 Å². The Balaban J connectivity index is 0. The van der Waals surface area contributed by atoms with Gasteiger partial charge in [0.05, 0.1) is 0 Å². The number of carbonyl (C=O) groups is 2. The average Bonchev–Trinajstić information content (AvgIpc) is 2.44. The van der Waals surface area contributed by atoms with Crippen LogP contribution in [0.25, 0.3) is 0 Å². The van der Waals surface area contributed by atoms with E-state index < -0.39 is 41.7 Å². The molecule has 0 saturated carbocycles. The monoisotopic (exact) mass is 392 g/mol. The van der Waals surface area contributed by atoms with E-state index in [0.717, 1.165) is 12.8 Å². The van der Waals surface area contributed by atoms with Crippen molar-refractivity contribution in [1.29, 1.82) is 0 Å². The van der Waals surface area contributed by atoms with Crippen molar-refractivity contribution in [2.75, 3.05) is 0 Å². The number of phosphoric acid groups is 1. The van der Waals surface area contributed by atoms with Gasteiger partial charge in [-0.15, -0.1) is 0 Å². The molecule has 136 valence electrons. The van der Waals surface area contributed by atoms with Crippen LogP contribution >= 0.6 is 7.82 Å². The maximum atomic E-state index is 11.0. The minimum absolute atomic E-state index is 0.0351. The van der Waals surface area contributed by atoms with Gasteiger partial charge < -0.3 is 14.7 Å². The predicted molar refractivity (Wildman–Crippen MR) is 90.4 cm³/mol. The van der Waals surface area contributed by atoms with Crippen molar-refractivity contribution in [2.24, 2.45) is 0 Å². The number of esters is 2. The SMILES string of the molecule is C=CC(=O)OC(C)C[CH2][Ca][CH2]CC(C)OC(=O)C=C.O=P(O)(O)O. The molecule has 0 radical (unpaired) electrons. The average molecular weight is 392 g/mol. The van der Waals surface area contributed by atoms with Gasteiger partial charge in [-0.25, -0.2) is 4.57 Å². The number of rotatable bonds is 10. The maximum absolute atomic E-state index is 11.0. The molecule has 0 fully saturated rings. The molecule has 0 spiro atoms. The van der Waals surface area contributed by atoms with E-state index in [1.807, 2.05) is 13.8 Å². The fraction of sp³-hybridized carbons (Fsp3) is 0.571. The molecule has 0 saturated heterocycles. The molecule has 0 heterocycles. The Kier molecular flexibility index (Phi) is 16.3. The number of carbonyl (C=O) groups excluding carboxylic acids is 2. The summed E-state index contributed by atoms with van der Waals surface area (Å²) in [5.41, 5.74) is 0. The standard InChI is InChI=1S/2C7H11O2.Ca.H3O4P/c2*1-4-6(3)9-7(8)5-2;;1-5(2,3)4/h2*5-6H,1-2,4H2,3H3;;(H3,1,2,3,4). The molecule has 0 aliphatic heterocycles. The van der Waals surface area contributed by atoms with Gasteiger partial charge in [0.25, 0.3) is 0 Å². The van der Waals surface area contributed by atoms with Gasteiger partial charge >= 0.3 is 142 Å². The van der Waals surface area contributed by atoms with Crippen LogP contribution in [0.1, 0.15) is 26.7 Å². The molecular formula is C14H25CaO8P. The summed E-state index contributed by atoms with van der Waals surface area (Å²) >= 11 is -0.612. The third-order valence-corrected chi connectivity index (χ3v) is 5.53. The fourth-order valence-electron chi connectivity index (χ4n) is 1.65. The molecule has 24 heavy (non-hydrogen) atoms. The normalized spacial score (nSPS) is 12.5. The summed E-state index contributed by atoms with van der Waals surface area (Å²) in [6.07, 6.45) is 4.14. The zero-order valence-corrected chi connectivity index (χ0v) is 17.2. The molecule has 0 aromatic heterocycles. The van der Waals surface area contributed by atoms with Gasteiger partial charge in [-0.1, -0.05) is 0 Å². The van der Waals surface area contributed by atoms with Crippen molar-refractivity contribution >= 4 is 53.6 Å². The van der Waals surface area contributed by atoms with Crippen LogP contribution in [-0.4, -0.2) is 72.7 Å². The quantitative estimate of drug-likeness (QED) is 0.168. The van der Waals surface area contributed by atoms with Crippen molar-refractivity contribution in [3.05, 3.63) is 25.3 Å². The molecule has 0 rings (SSSR count). The van der Waals surface area contributed by atoms with Crippen LogP contribution in [0.4, 0.5) is 0 Å². The second-order valence-electron chi connectivity index (χ2n) is 5.05. The van der Waals surface area contributed by atoms with Gasteiger partial charge in [-0.2, -0.15) is 0 Å². The van der Waals surface area contributed by atoms with E-state index in [1.165, 1.54) is 17.2 Å². The van der Waals surface area contributed by atoms with E-state index >= 15 is 0 Å². The topological polar surface area (TPSA) is 130 Å². The van der Waals surface area contributed by atoms with Gasteiger partial charge in [0.2, 0.25) is 0 Å². The Bertz CT molecular complexity index is 410. The predicted octanol–water partition coefficient (Wildman–Crippen LogP) is 1.61. The first kappa shape index (κ1) is 26.0. The van der Waals surface area contributed by atoms with E-state index in [-0.39, 0.29) is 24.1 Å². The first-order chi connectivity index (χ1) is 11.0. The van der Waals surface area contributed by atoms with Gasteiger partial charge in [-0.3, -0.25) is 0 Å². The Hall–Kier alpha value is -0.210. The molecule has 0 amide bonds. The summed E-state index contributed by atoms with van der Waals surface area (Å²) in [5, 5.41) is 0. The number of hydrogen-bond donors (Lipinski definition) is 3.